The van der Waals surface area contributed by atoms with Crippen LogP contribution in [0.3, 0.4) is 0 Å². The van der Waals surface area contributed by atoms with Crippen LogP contribution in [-0.2, 0) is 16.2 Å². The first-order valence-electron chi connectivity index (χ1n) is 15.9. The highest BCUT2D eigenvalue weighted by Gasteiger charge is 2.46. The Labute approximate surface area is 265 Å². The predicted octanol–water partition coefficient (Wildman–Crippen LogP) is 5.75. The second kappa shape index (κ2) is 12.2. The van der Waals surface area contributed by atoms with Gasteiger partial charge in [0.25, 0.3) is 0 Å². The van der Waals surface area contributed by atoms with Crippen molar-refractivity contribution in [1.29, 1.82) is 0 Å². The molecule has 2 aliphatic rings. The van der Waals surface area contributed by atoms with Gasteiger partial charge in [-0.25, -0.2) is 14.2 Å². The summed E-state index contributed by atoms with van der Waals surface area (Å²) in [7, 11) is 0.856. The van der Waals surface area contributed by atoms with Gasteiger partial charge in [-0.1, -0.05) is 24.9 Å². The summed E-state index contributed by atoms with van der Waals surface area (Å²) < 4.78 is 15.4. The lowest BCUT2D eigenvalue weighted by Crippen LogP contribution is -2.53. The van der Waals surface area contributed by atoms with Gasteiger partial charge in [0.1, 0.15) is 23.4 Å². The van der Waals surface area contributed by atoms with Gasteiger partial charge in [0, 0.05) is 57.8 Å². The van der Waals surface area contributed by atoms with Crippen LogP contribution in [0.4, 0.5) is 10.6 Å². The molecule has 45 heavy (non-hydrogen) atoms. The van der Waals surface area contributed by atoms with E-state index in [-0.39, 0.29) is 24.2 Å². The molecule has 0 spiro atoms. The van der Waals surface area contributed by atoms with E-state index < -0.39 is 13.7 Å². The summed E-state index contributed by atoms with van der Waals surface area (Å²) in [6.07, 6.45) is 7.23. The fourth-order valence-corrected chi connectivity index (χ4v) is 7.17. The van der Waals surface area contributed by atoms with Gasteiger partial charge in [-0.05, 0) is 82.8 Å². The SMILES string of the molecule is CN(c1ccc(-c2ccc(-n3cccn3)c3nnn(COCC[Si](C)(C)C)c23)nn1)C1CC2CCC(C1)N2C(=O)OC(C)(C)C. The number of hydrogen-bond acceptors (Lipinski definition) is 9. The fourth-order valence-electron chi connectivity index (χ4n) is 6.42. The van der Waals surface area contributed by atoms with Crippen LogP contribution < -0.4 is 4.90 Å². The van der Waals surface area contributed by atoms with E-state index in [1.165, 1.54) is 0 Å². The van der Waals surface area contributed by atoms with Crippen LogP contribution in [0.5, 0.6) is 0 Å². The van der Waals surface area contributed by atoms with E-state index in [4.69, 9.17) is 14.6 Å². The summed E-state index contributed by atoms with van der Waals surface area (Å²) in [4.78, 5) is 17.1. The molecule has 13 heteroatoms. The Morgan fingerprint density at radius 3 is 2.42 bits per heavy atom. The molecule has 12 nitrogen and oxygen atoms in total. The van der Waals surface area contributed by atoms with Gasteiger partial charge in [-0.15, -0.1) is 15.3 Å². The zero-order chi connectivity index (χ0) is 31.9. The highest BCUT2D eigenvalue weighted by atomic mass is 28.3. The molecular weight excluding hydrogens is 586 g/mol. The number of carbonyl (C=O) groups is 1. The molecule has 0 saturated carbocycles. The van der Waals surface area contributed by atoms with Gasteiger partial charge in [-0.3, -0.25) is 0 Å². The van der Waals surface area contributed by atoms with Crippen LogP contribution >= 0.6 is 0 Å². The van der Waals surface area contributed by atoms with Crippen LogP contribution in [0.25, 0.3) is 28.0 Å². The number of ether oxygens (including phenoxy) is 2. The lowest BCUT2D eigenvalue weighted by molar-refractivity contribution is 0.00596. The monoisotopic (exact) mass is 631 g/mol. The van der Waals surface area contributed by atoms with E-state index in [1.807, 2.05) is 62.2 Å². The molecule has 6 rings (SSSR count). The van der Waals surface area contributed by atoms with Crippen molar-refractivity contribution < 1.29 is 14.3 Å². The van der Waals surface area contributed by atoms with Gasteiger partial charge >= 0.3 is 6.09 Å². The molecular formula is C32H45N9O3Si. The fraction of sp³-hybridized carbons (Fsp3) is 0.562. The van der Waals surface area contributed by atoms with E-state index in [0.717, 1.165) is 65.5 Å². The number of nitrogens with zero attached hydrogens (tertiary/aromatic N) is 9. The molecule has 2 unspecified atom stereocenters. The van der Waals surface area contributed by atoms with Crippen molar-refractivity contribution in [2.24, 2.45) is 0 Å². The van der Waals surface area contributed by atoms with Crippen LogP contribution in [-0.4, -0.2) is 91.4 Å². The summed E-state index contributed by atoms with van der Waals surface area (Å²) >= 11 is 0. The second-order valence-corrected chi connectivity index (χ2v) is 20.1. The standard InChI is InChI=1S/C32H45N9O3Si/c1-32(2,3)44-31(42)41-22-9-10-23(41)20-24(19-22)38(4)28-14-12-26(34-35-28)25-11-13-27(39-16-8-15-33-39)29-30(25)40(37-36-29)21-43-17-18-45(5,6)7/h8,11-16,22-24H,9-10,17-21H2,1-7H3. The van der Waals surface area contributed by atoms with Crippen molar-refractivity contribution in [3.05, 3.63) is 42.7 Å². The first-order chi connectivity index (χ1) is 21.4. The average Bonchev–Trinajstić information content (AvgIpc) is 3.72. The minimum absolute atomic E-state index is 0.181. The first-order valence-corrected chi connectivity index (χ1v) is 19.6. The summed E-state index contributed by atoms with van der Waals surface area (Å²) in [6.45, 7) is 13.8. The van der Waals surface area contributed by atoms with E-state index in [2.05, 4.69) is 52.1 Å². The number of fused-ring (bicyclic) bond motifs is 3. The van der Waals surface area contributed by atoms with Crippen molar-refractivity contribution in [2.75, 3.05) is 18.6 Å². The Morgan fingerprint density at radius 1 is 1.04 bits per heavy atom. The zero-order valence-corrected chi connectivity index (χ0v) is 28.5. The Balaban J connectivity index is 1.22. The molecule has 2 atom stereocenters. The maximum absolute atomic E-state index is 12.9. The van der Waals surface area contributed by atoms with Crippen LogP contribution in [0.2, 0.25) is 25.7 Å². The normalized spacial score (nSPS) is 20.2. The Kier molecular flexibility index (Phi) is 8.42. The highest BCUT2D eigenvalue weighted by molar-refractivity contribution is 6.76. The van der Waals surface area contributed by atoms with Gasteiger partial charge in [0.05, 0.1) is 11.4 Å². The van der Waals surface area contributed by atoms with Crippen molar-refractivity contribution >= 4 is 31.0 Å². The zero-order valence-electron chi connectivity index (χ0n) is 27.5. The number of hydrogen-bond donors (Lipinski definition) is 0. The van der Waals surface area contributed by atoms with E-state index >= 15 is 0 Å². The quantitative estimate of drug-likeness (QED) is 0.168. The molecule has 0 N–H and O–H groups in total. The van der Waals surface area contributed by atoms with E-state index in [9.17, 15) is 4.79 Å². The third kappa shape index (κ3) is 6.74. The largest absolute Gasteiger partial charge is 0.444 e. The number of aromatic nitrogens is 7. The first kappa shape index (κ1) is 31.2. The molecule has 0 aliphatic carbocycles. The molecule has 0 radical (unpaired) electrons. The number of rotatable bonds is 9. The lowest BCUT2D eigenvalue weighted by atomic mass is 9.96. The summed E-state index contributed by atoms with van der Waals surface area (Å²) in [5, 5.41) is 22.8. The van der Waals surface area contributed by atoms with Gasteiger partial charge < -0.3 is 19.3 Å². The Morgan fingerprint density at radius 2 is 1.80 bits per heavy atom. The highest BCUT2D eigenvalue weighted by Crippen LogP contribution is 2.39. The summed E-state index contributed by atoms with van der Waals surface area (Å²) in [6, 6.07) is 11.6. The van der Waals surface area contributed by atoms with Gasteiger partial charge in [0.2, 0.25) is 0 Å². The number of anilines is 1. The van der Waals surface area contributed by atoms with Gasteiger partial charge in [0.15, 0.2) is 5.82 Å². The Bertz CT molecular complexity index is 1610. The van der Waals surface area contributed by atoms with Gasteiger partial charge in [-0.2, -0.15) is 5.10 Å². The third-order valence-electron chi connectivity index (χ3n) is 8.75. The molecule has 4 aromatic rings. The number of benzene rings is 1. The number of carbonyl (C=O) groups excluding carboxylic acids is 1. The molecule has 5 heterocycles. The minimum Gasteiger partial charge on any atom is -0.444 e. The number of amides is 1. The summed E-state index contributed by atoms with van der Waals surface area (Å²) in [5.41, 5.74) is 3.50. The van der Waals surface area contributed by atoms with Crippen molar-refractivity contribution in [3.63, 3.8) is 0 Å². The average molecular weight is 632 g/mol. The topological polar surface area (TPSA) is 116 Å². The van der Waals surface area contributed by atoms with Crippen molar-refractivity contribution in [3.8, 4) is 16.9 Å². The number of piperidine rings is 1. The maximum atomic E-state index is 12.9. The molecule has 1 aromatic carbocycles. The minimum atomic E-state index is -1.22. The van der Waals surface area contributed by atoms with Crippen LogP contribution in [0.1, 0.15) is 46.5 Å². The van der Waals surface area contributed by atoms with Crippen molar-refractivity contribution in [1.82, 2.24) is 39.9 Å². The van der Waals surface area contributed by atoms with E-state index in [0.29, 0.717) is 13.3 Å². The Hall–Kier alpha value is -3.84. The molecule has 240 valence electrons. The maximum Gasteiger partial charge on any atom is 0.410 e. The molecule has 2 bridgehead atoms. The summed E-state index contributed by atoms with van der Waals surface area (Å²) in [5.74, 6) is 0.805. The molecule has 2 saturated heterocycles. The van der Waals surface area contributed by atoms with Crippen molar-refractivity contribution in [2.45, 2.75) is 103 Å². The third-order valence-corrected chi connectivity index (χ3v) is 10.5. The van der Waals surface area contributed by atoms with Crippen LogP contribution in [0.15, 0.2) is 42.7 Å². The van der Waals surface area contributed by atoms with E-state index in [1.54, 1.807) is 15.6 Å². The lowest BCUT2D eigenvalue weighted by Gasteiger charge is -2.42. The smallest absolute Gasteiger partial charge is 0.410 e. The van der Waals surface area contributed by atoms with Crippen LogP contribution in [0, 0.1) is 0 Å². The molecule has 3 aromatic heterocycles. The molecule has 1 amide bonds. The molecule has 2 aliphatic heterocycles. The molecule has 2 fully saturated rings. The second-order valence-electron chi connectivity index (χ2n) is 14.5. The predicted molar refractivity (Wildman–Crippen MR) is 176 cm³/mol.